The van der Waals surface area contributed by atoms with Crippen molar-refractivity contribution in [3.8, 4) is 0 Å². The second kappa shape index (κ2) is 13.2. The van der Waals surface area contributed by atoms with Crippen LogP contribution >= 0.6 is 24.2 Å². The van der Waals surface area contributed by atoms with Crippen molar-refractivity contribution < 1.29 is 19.1 Å². The van der Waals surface area contributed by atoms with Crippen molar-refractivity contribution >= 4 is 53.2 Å². The molecule has 0 bridgehead atoms. The molecule has 1 aromatic heterocycles. The fraction of sp³-hybridized carbons (Fsp3) is 0.250. The number of amides is 1. The maximum absolute atomic E-state index is 12.2. The molecular weight excluding hydrogens is 524 g/mol. The number of H-pyrrole nitrogens is 1. The van der Waals surface area contributed by atoms with Crippen LogP contribution in [0.4, 0.5) is 4.79 Å². The number of nitrogens with zero attached hydrogens (tertiary/aromatic N) is 2. The largest absolute Gasteiger partial charge is 0.510 e. The zero-order chi connectivity index (χ0) is 26.4. The summed E-state index contributed by atoms with van der Waals surface area (Å²) >= 11 is 1.53. The van der Waals surface area contributed by atoms with Gasteiger partial charge in [0.15, 0.2) is 6.23 Å². The minimum atomic E-state index is -0.696. The Hall–Kier alpha value is -3.69. The summed E-state index contributed by atoms with van der Waals surface area (Å²) in [5.41, 5.74) is 2.33. The summed E-state index contributed by atoms with van der Waals surface area (Å²) < 4.78 is 10.5. The van der Waals surface area contributed by atoms with Crippen LogP contribution in [0.5, 0.6) is 0 Å². The second-order valence-corrected chi connectivity index (χ2v) is 9.77. The van der Waals surface area contributed by atoms with Crippen molar-refractivity contribution in [3.63, 3.8) is 0 Å². The van der Waals surface area contributed by atoms with Gasteiger partial charge in [0.1, 0.15) is 0 Å². The number of halogens is 1. The fourth-order valence-corrected chi connectivity index (χ4v) is 4.86. The molecule has 0 saturated heterocycles. The van der Waals surface area contributed by atoms with Gasteiger partial charge in [0, 0.05) is 28.4 Å². The summed E-state index contributed by atoms with van der Waals surface area (Å²) in [5.74, 6) is -0.115. The third-order valence-electron chi connectivity index (χ3n) is 5.64. The van der Waals surface area contributed by atoms with E-state index in [1.165, 1.54) is 11.8 Å². The van der Waals surface area contributed by atoms with Crippen LogP contribution in [-0.2, 0) is 9.47 Å². The van der Waals surface area contributed by atoms with E-state index in [1.807, 2.05) is 83.9 Å². The average molecular weight is 555 g/mol. The zero-order valence-electron chi connectivity index (χ0n) is 21.6. The first-order chi connectivity index (χ1) is 17.9. The second-order valence-electron chi connectivity index (χ2n) is 8.65. The number of carbonyl (C=O) groups excluding carboxylic acids is 2. The van der Waals surface area contributed by atoms with Gasteiger partial charge in [-0.25, -0.2) is 4.79 Å². The third kappa shape index (κ3) is 6.99. The third-order valence-corrected chi connectivity index (χ3v) is 6.71. The molecule has 0 spiro atoms. The molecule has 1 aliphatic heterocycles. The summed E-state index contributed by atoms with van der Waals surface area (Å²) in [7, 11) is 1.63. The van der Waals surface area contributed by atoms with Gasteiger partial charge in [-0.3, -0.25) is 9.89 Å². The molecule has 10 heteroatoms. The van der Waals surface area contributed by atoms with Crippen LogP contribution in [0.25, 0.3) is 17.0 Å². The van der Waals surface area contributed by atoms with E-state index in [9.17, 15) is 9.59 Å². The van der Waals surface area contributed by atoms with Gasteiger partial charge in [-0.15, -0.1) is 12.4 Å². The number of nitrogens with one attached hydrogen (secondary N) is 2. The number of carbonyl (C=O) groups is 2. The molecule has 2 atom stereocenters. The number of aromatic amines is 1. The number of ether oxygens (including phenoxy) is 2. The van der Waals surface area contributed by atoms with Gasteiger partial charge in [0.2, 0.25) is 0 Å². The number of aromatic nitrogens is 2. The lowest BCUT2D eigenvalue weighted by Crippen LogP contribution is -2.39. The van der Waals surface area contributed by atoms with E-state index in [0.717, 1.165) is 26.4 Å². The summed E-state index contributed by atoms with van der Waals surface area (Å²) in [4.78, 5) is 28.0. The molecule has 0 saturated carbocycles. The molecule has 0 fully saturated rings. The molecule has 0 aliphatic carbocycles. The van der Waals surface area contributed by atoms with Crippen LogP contribution in [0, 0.1) is 0 Å². The van der Waals surface area contributed by atoms with Crippen LogP contribution in [0.3, 0.4) is 0 Å². The number of allylic oxidation sites excluding steroid dienone is 2. The summed E-state index contributed by atoms with van der Waals surface area (Å²) in [6.45, 7) is 5.36. The van der Waals surface area contributed by atoms with Crippen LogP contribution in [0.1, 0.15) is 36.8 Å². The first-order valence-electron chi connectivity index (χ1n) is 12.0. The lowest BCUT2D eigenvalue weighted by molar-refractivity contribution is -0.0346. The first kappa shape index (κ1) is 28.9. The number of rotatable bonds is 8. The van der Waals surface area contributed by atoms with Crippen molar-refractivity contribution in [1.82, 2.24) is 20.4 Å². The zero-order valence-corrected chi connectivity index (χ0v) is 23.2. The summed E-state index contributed by atoms with van der Waals surface area (Å²) in [6, 6.07) is 13.5. The smallest absolute Gasteiger partial charge is 0.432 e. The minimum absolute atomic E-state index is 0. The number of benzene rings is 2. The monoisotopic (exact) mass is 554 g/mol. The van der Waals surface area contributed by atoms with E-state index in [2.05, 4.69) is 15.5 Å². The summed E-state index contributed by atoms with van der Waals surface area (Å²) in [6.07, 6.45) is 10.2. The van der Waals surface area contributed by atoms with Gasteiger partial charge < -0.3 is 19.7 Å². The van der Waals surface area contributed by atoms with E-state index >= 15 is 0 Å². The van der Waals surface area contributed by atoms with E-state index in [1.54, 1.807) is 27.8 Å². The first-order valence-corrected chi connectivity index (χ1v) is 12.8. The van der Waals surface area contributed by atoms with Gasteiger partial charge in [0.05, 0.1) is 28.9 Å². The van der Waals surface area contributed by atoms with Crippen molar-refractivity contribution in [2.45, 2.75) is 48.9 Å². The van der Waals surface area contributed by atoms with E-state index < -0.39 is 12.4 Å². The lowest BCUT2D eigenvalue weighted by Gasteiger charge is -2.33. The normalized spacial score (nSPS) is 15.5. The van der Waals surface area contributed by atoms with E-state index in [-0.39, 0.29) is 30.5 Å². The molecule has 2 N–H and O–H groups in total. The Morgan fingerprint density at radius 2 is 1.92 bits per heavy atom. The van der Waals surface area contributed by atoms with Gasteiger partial charge in [-0.05, 0) is 63.3 Å². The van der Waals surface area contributed by atoms with E-state index in [0.29, 0.717) is 5.56 Å². The average Bonchev–Trinajstić information content (AvgIpc) is 3.29. The van der Waals surface area contributed by atoms with Gasteiger partial charge in [-0.2, -0.15) is 5.10 Å². The molecule has 1 aliphatic rings. The van der Waals surface area contributed by atoms with Crippen LogP contribution in [0.15, 0.2) is 82.8 Å². The molecule has 38 heavy (non-hydrogen) atoms. The highest BCUT2D eigenvalue weighted by molar-refractivity contribution is 7.99. The SMILES string of the molecule is CNC(=O)c1ccccc1Sc1ccc2c(/C=C/C3C=CC=CN3C(C)OC(=O)OC(C)C)n[nH]c2c1.Cl. The highest BCUT2D eigenvalue weighted by Crippen LogP contribution is 2.33. The minimum Gasteiger partial charge on any atom is -0.432 e. The van der Waals surface area contributed by atoms with Gasteiger partial charge >= 0.3 is 6.16 Å². The number of fused-ring (bicyclic) bond motifs is 1. The Balaban J connectivity index is 0.00000400. The molecular formula is C28H31ClN4O4S. The Kier molecular flexibility index (Phi) is 10.0. The van der Waals surface area contributed by atoms with Crippen molar-refractivity contribution in [2.75, 3.05) is 7.05 Å². The van der Waals surface area contributed by atoms with Crippen LogP contribution < -0.4 is 5.32 Å². The fourth-order valence-electron chi connectivity index (χ4n) is 3.88. The Bertz CT molecular complexity index is 1370. The molecule has 0 radical (unpaired) electrons. The standard InChI is InChI=1S/C28H30N4O4S.ClH/c1-18(2)35-28(34)36-19(3)32-16-8-7-9-20(32)12-15-24-22-14-13-21(17-25(22)31-30-24)37-26-11-6-5-10-23(26)27(33)29-4;/h5-20H,1-4H3,(H,29,33)(H,30,31);1H/b15-12+;. The molecule has 200 valence electrons. The van der Waals surface area contributed by atoms with Gasteiger partial charge in [0.25, 0.3) is 5.91 Å². The topological polar surface area (TPSA) is 96.6 Å². The molecule has 8 nitrogen and oxygen atoms in total. The highest BCUT2D eigenvalue weighted by Gasteiger charge is 2.22. The Morgan fingerprint density at radius 3 is 2.68 bits per heavy atom. The van der Waals surface area contributed by atoms with Crippen molar-refractivity contribution in [2.24, 2.45) is 0 Å². The van der Waals surface area contributed by atoms with Gasteiger partial charge in [-0.1, -0.05) is 42.1 Å². The predicted octanol–water partition coefficient (Wildman–Crippen LogP) is 6.17. The van der Waals surface area contributed by atoms with Crippen LogP contribution in [-0.4, -0.2) is 52.6 Å². The van der Waals surface area contributed by atoms with Crippen molar-refractivity contribution in [1.29, 1.82) is 0 Å². The maximum atomic E-state index is 12.2. The Labute approximate surface area is 232 Å². The predicted molar refractivity (Wildman–Crippen MR) is 152 cm³/mol. The molecule has 2 heterocycles. The molecule has 4 rings (SSSR count). The molecule has 3 aromatic rings. The van der Waals surface area contributed by atoms with E-state index in [4.69, 9.17) is 9.47 Å². The Morgan fingerprint density at radius 1 is 1.13 bits per heavy atom. The summed E-state index contributed by atoms with van der Waals surface area (Å²) in [5, 5.41) is 11.3. The van der Waals surface area contributed by atoms with Crippen LogP contribution in [0.2, 0.25) is 0 Å². The number of hydrogen-bond acceptors (Lipinski definition) is 7. The molecule has 2 aromatic carbocycles. The van der Waals surface area contributed by atoms with Crippen molar-refractivity contribution in [3.05, 3.63) is 84.2 Å². The molecule has 2 unspecified atom stereocenters. The number of hydrogen-bond donors (Lipinski definition) is 2. The maximum Gasteiger partial charge on any atom is 0.510 e. The molecule has 1 amide bonds. The lowest BCUT2D eigenvalue weighted by atomic mass is 10.1. The highest BCUT2D eigenvalue weighted by atomic mass is 35.5. The quantitative estimate of drug-likeness (QED) is 0.321.